The minimum Gasteiger partial charge on any atom is -0.355 e. The summed E-state index contributed by atoms with van der Waals surface area (Å²) in [6, 6.07) is 21.2. The van der Waals surface area contributed by atoms with Gasteiger partial charge >= 0.3 is 0 Å². The molecule has 1 aliphatic heterocycles. The Morgan fingerprint density at radius 3 is 2.00 bits per heavy atom. The molecule has 0 bridgehead atoms. The van der Waals surface area contributed by atoms with Gasteiger partial charge in [0.05, 0.1) is 16.8 Å². The molecule has 0 aliphatic carbocycles. The Morgan fingerprint density at radius 1 is 0.778 bits per heavy atom. The quantitative estimate of drug-likeness (QED) is 0.730. The topological polar surface area (TPSA) is 66.5 Å². The molecule has 3 aromatic rings. The number of hydrogen-bond donors (Lipinski definition) is 1. The van der Waals surface area contributed by atoms with Crippen LogP contribution in [-0.4, -0.2) is 24.8 Å². The molecule has 27 heavy (non-hydrogen) atoms. The highest BCUT2D eigenvalue weighted by molar-refractivity contribution is 6.34. The lowest BCUT2D eigenvalue weighted by atomic mass is 10.0. The summed E-state index contributed by atoms with van der Waals surface area (Å²) in [6.07, 6.45) is 0. The maximum atomic E-state index is 12.6. The van der Waals surface area contributed by atoms with Crippen molar-refractivity contribution in [2.45, 2.75) is 0 Å². The van der Waals surface area contributed by atoms with Gasteiger partial charge in [-0.2, -0.15) is 0 Å². The third-order valence-electron chi connectivity index (χ3n) is 4.60. The number of rotatable bonds is 3. The first kappa shape index (κ1) is 16.7. The van der Waals surface area contributed by atoms with E-state index in [4.69, 9.17) is 0 Å². The predicted octanol–water partition coefficient (Wildman–Crippen LogP) is 3.51. The fourth-order valence-electron chi connectivity index (χ4n) is 3.21. The van der Waals surface area contributed by atoms with E-state index >= 15 is 0 Å². The van der Waals surface area contributed by atoms with Crippen molar-refractivity contribution in [2.24, 2.45) is 0 Å². The number of imide groups is 1. The van der Waals surface area contributed by atoms with Gasteiger partial charge in [-0.15, -0.1) is 0 Å². The Bertz CT molecular complexity index is 1040. The Hall–Kier alpha value is -3.73. The van der Waals surface area contributed by atoms with E-state index in [1.807, 2.05) is 24.3 Å². The average Bonchev–Trinajstić information content (AvgIpc) is 2.98. The molecule has 1 N–H and O–H groups in total. The number of amides is 3. The number of nitrogens with one attached hydrogen (secondary N) is 1. The molecule has 0 atom stereocenters. The van der Waals surface area contributed by atoms with Crippen molar-refractivity contribution >= 4 is 23.4 Å². The minimum absolute atomic E-state index is 0.153. The van der Waals surface area contributed by atoms with Gasteiger partial charge in [0.1, 0.15) is 0 Å². The summed E-state index contributed by atoms with van der Waals surface area (Å²) >= 11 is 0. The van der Waals surface area contributed by atoms with Crippen molar-refractivity contribution in [1.29, 1.82) is 0 Å². The molecule has 0 saturated carbocycles. The van der Waals surface area contributed by atoms with Crippen molar-refractivity contribution < 1.29 is 14.4 Å². The van der Waals surface area contributed by atoms with Crippen LogP contribution in [0.3, 0.4) is 0 Å². The molecule has 5 heteroatoms. The molecule has 4 rings (SSSR count). The second kappa shape index (κ2) is 6.53. The lowest BCUT2D eigenvalue weighted by Gasteiger charge is -2.14. The third-order valence-corrected chi connectivity index (χ3v) is 4.60. The monoisotopic (exact) mass is 356 g/mol. The Kier molecular flexibility index (Phi) is 4.05. The van der Waals surface area contributed by atoms with Crippen LogP contribution < -0.4 is 10.2 Å². The molecule has 0 unspecified atom stereocenters. The van der Waals surface area contributed by atoms with E-state index < -0.39 is 0 Å². The Balaban J connectivity index is 1.65. The van der Waals surface area contributed by atoms with Crippen molar-refractivity contribution in [2.75, 3.05) is 11.9 Å². The molecule has 0 saturated heterocycles. The zero-order valence-corrected chi connectivity index (χ0v) is 14.6. The van der Waals surface area contributed by atoms with Crippen LogP contribution in [-0.2, 0) is 0 Å². The normalized spacial score (nSPS) is 12.9. The molecular weight excluding hydrogens is 340 g/mol. The van der Waals surface area contributed by atoms with Crippen LogP contribution in [0.5, 0.6) is 0 Å². The van der Waals surface area contributed by atoms with Crippen molar-refractivity contribution in [1.82, 2.24) is 5.32 Å². The number of fused-ring (bicyclic) bond motifs is 1. The molecule has 0 fully saturated rings. The largest absolute Gasteiger partial charge is 0.355 e. The highest BCUT2D eigenvalue weighted by atomic mass is 16.2. The van der Waals surface area contributed by atoms with Gasteiger partial charge < -0.3 is 5.32 Å². The lowest BCUT2D eigenvalue weighted by molar-refractivity contribution is 0.0923. The van der Waals surface area contributed by atoms with E-state index in [0.717, 1.165) is 11.1 Å². The van der Waals surface area contributed by atoms with E-state index in [2.05, 4.69) is 5.32 Å². The number of hydrogen-bond acceptors (Lipinski definition) is 3. The number of carbonyl (C=O) groups is 3. The standard InChI is InChI=1S/C22H16N2O3/c1-23-20(25)16-6-4-5-15(13-16)14-9-11-17(12-10-14)24-21(26)18-7-2-3-8-19(18)22(24)27/h2-13H,1H3,(H,23,25). The second-order valence-corrected chi connectivity index (χ2v) is 6.20. The van der Waals surface area contributed by atoms with Gasteiger partial charge in [0.2, 0.25) is 0 Å². The summed E-state index contributed by atoms with van der Waals surface area (Å²) in [7, 11) is 1.59. The molecule has 0 radical (unpaired) electrons. The fraction of sp³-hybridized carbons (Fsp3) is 0.0455. The summed E-state index contributed by atoms with van der Waals surface area (Å²) in [5.41, 5.74) is 3.70. The summed E-state index contributed by atoms with van der Waals surface area (Å²) in [4.78, 5) is 38.2. The van der Waals surface area contributed by atoms with Gasteiger partial charge in [-0.3, -0.25) is 14.4 Å². The molecule has 5 nitrogen and oxygen atoms in total. The minimum atomic E-state index is -0.315. The molecule has 1 heterocycles. The van der Waals surface area contributed by atoms with Crippen LogP contribution in [0.4, 0.5) is 5.69 Å². The molecular formula is C22H16N2O3. The van der Waals surface area contributed by atoms with Crippen LogP contribution in [0.25, 0.3) is 11.1 Å². The van der Waals surface area contributed by atoms with Crippen molar-refractivity contribution in [3.8, 4) is 11.1 Å². The van der Waals surface area contributed by atoms with Gasteiger partial charge in [0, 0.05) is 12.6 Å². The third kappa shape index (κ3) is 2.79. The van der Waals surface area contributed by atoms with Gasteiger partial charge in [-0.25, -0.2) is 4.90 Å². The number of benzene rings is 3. The van der Waals surface area contributed by atoms with Crippen LogP contribution in [0.2, 0.25) is 0 Å². The lowest BCUT2D eigenvalue weighted by Crippen LogP contribution is -2.29. The molecule has 132 valence electrons. The summed E-state index contributed by atoms with van der Waals surface area (Å²) in [5.74, 6) is -0.783. The number of anilines is 1. The highest BCUT2D eigenvalue weighted by Gasteiger charge is 2.36. The van der Waals surface area contributed by atoms with Crippen molar-refractivity contribution in [3.05, 3.63) is 89.5 Å². The van der Waals surface area contributed by atoms with Crippen molar-refractivity contribution in [3.63, 3.8) is 0 Å². The maximum Gasteiger partial charge on any atom is 0.266 e. The van der Waals surface area contributed by atoms with Crippen LogP contribution in [0.1, 0.15) is 31.1 Å². The predicted molar refractivity (Wildman–Crippen MR) is 103 cm³/mol. The first-order chi connectivity index (χ1) is 13.1. The summed E-state index contributed by atoms with van der Waals surface area (Å²) in [6.45, 7) is 0. The zero-order valence-electron chi connectivity index (χ0n) is 14.6. The molecule has 1 aliphatic rings. The zero-order chi connectivity index (χ0) is 19.0. The van der Waals surface area contributed by atoms with Gasteiger partial charge in [-0.1, -0.05) is 36.4 Å². The van der Waals surface area contributed by atoms with Crippen LogP contribution >= 0.6 is 0 Å². The van der Waals surface area contributed by atoms with Crippen LogP contribution in [0, 0.1) is 0 Å². The Labute approximate surface area is 156 Å². The van der Waals surface area contributed by atoms with E-state index in [0.29, 0.717) is 22.4 Å². The number of carbonyl (C=O) groups excluding carboxylic acids is 3. The first-order valence-corrected chi connectivity index (χ1v) is 8.50. The SMILES string of the molecule is CNC(=O)c1cccc(-c2ccc(N3C(=O)c4ccccc4C3=O)cc2)c1. The number of nitrogens with zero attached hydrogens (tertiary/aromatic N) is 1. The molecule has 0 aromatic heterocycles. The van der Waals surface area contributed by atoms with Gasteiger partial charge in [0.25, 0.3) is 17.7 Å². The second-order valence-electron chi connectivity index (χ2n) is 6.20. The van der Waals surface area contributed by atoms with E-state index in [-0.39, 0.29) is 17.7 Å². The highest BCUT2D eigenvalue weighted by Crippen LogP contribution is 2.30. The van der Waals surface area contributed by atoms with Gasteiger partial charge in [0.15, 0.2) is 0 Å². The smallest absolute Gasteiger partial charge is 0.266 e. The Morgan fingerprint density at radius 2 is 1.41 bits per heavy atom. The summed E-state index contributed by atoms with van der Waals surface area (Å²) in [5, 5.41) is 2.60. The van der Waals surface area contributed by atoms with Gasteiger partial charge in [-0.05, 0) is 47.5 Å². The molecule has 0 spiro atoms. The van der Waals surface area contributed by atoms with E-state index in [1.54, 1.807) is 55.6 Å². The maximum absolute atomic E-state index is 12.6. The van der Waals surface area contributed by atoms with E-state index in [9.17, 15) is 14.4 Å². The molecule has 3 amide bonds. The molecule has 3 aromatic carbocycles. The average molecular weight is 356 g/mol. The first-order valence-electron chi connectivity index (χ1n) is 8.50. The van der Waals surface area contributed by atoms with E-state index in [1.165, 1.54) is 4.90 Å². The van der Waals surface area contributed by atoms with Crippen LogP contribution in [0.15, 0.2) is 72.8 Å². The summed E-state index contributed by atoms with van der Waals surface area (Å²) < 4.78 is 0. The fourth-order valence-corrected chi connectivity index (χ4v) is 3.21.